The zero-order chi connectivity index (χ0) is 11.7. The van der Waals surface area contributed by atoms with Crippen molar-refractivity contribution in [3.8, 4) is 5.82 Å². The highest BCUT2D eigenvalue weighted by Gasteiger charge is 2.20. The van der Waals surface area contributed by atoms with Crippen LogP contribution in [0.3, 0.4) is 0 Å². The number of pyridine rings is 1. The van der Waals surface area contributed by atoms with E-state index < -0.39 is 0 Å². The number of nitrogens with one attached hydrogen (secondary N) is 1. The van der Waals surface area contributed by atoms with Crippen LogP contribution in [0.4, 0.5) is 0 Å². The van der Waals surface area contributed by atoms with Gasteiger partial charge in [0.2, 0.25) is 0 Å². The predicted octanol–water partition coefficient (Wildman–Crippen LogP) is 2.45. The first-order chi connectivity index (χ1) is 8.34. The number of aromatic nitrogens is 3. The van der Waals surface area contributed by atoms with Crippen molar-refractivity contribution < 1.29 is 0 Å². The molecule has 0 amide bonds. The highest BCUT2D eigenvalue weighted by molar-refractivity contribution is 9.10. The fourth-order valence-electron chi connectivity index (χ4n) is 2.20. The molecule has 1 saturated heterocycles. The highest BCUT2D eigenvalue weighted by Crippen LogP contribution is 2.24. The van der Waals surface area contributed by atoms with Crippen molar-refractivity contribution in [1.82, 2.24) is 19.9 Å². The van der Waals surface area contributed by atoms with Crippen LogP contribution >= 0.6 is 15.9 Å². The first-order valence-corrected chi connectivity index (χ1v) is 6.51. The summed E-state index contributed by atoms with van der Waals surface area (Å²) >= 11 is 3.39. The SMILES string of the molecule is Brc1ccc(-n2cncc2[C@@H]2CCCN2)nc1. The van der Waals surface area contributed by atoms with E-state index in [0.29, 0.717) is 6.04 Å². The number of nitrogens with zero attached hydrogens (tertiary/aromatic N) is 3. The predicted molar refractivity (Wildman–Crippen MR) is 69.0 cm³/mol. The van der Waals surface area contributed by atoms with Crippen molar-refractivity contribution in [3.63, 3.8) is 0 Å². The van der Waals surface area contributed by atoms with Crippen LogP contribution in [0.15, 0.2) is 35.3 Å². The maximum atomic E-state index is 4.40. The van der Waals surface area contributed by atoms with E-state index in [1.165, 1.54) is 18.5 Å². The van der Waals surface area contributed by atoms with Crippen molar-refractivity contribution in [1.29, 1.82) is 0 Å². The zero-order valence-corrected chi connectivity index (χ0v) is 10.9. The summed E-state index contributed by atoms with van der Waals surface area (Å²) in [6, 6.07) is 4.39. The summed E-state index contributed by atoms with van der Waals surface area (Å²) in [6.45, 7) is 1.09. The van der Waals surface area contributed by atoms with E-state index in [-0.39, 0.29) is 0 Å². The van der Waals surface area contributed by atoms with Gasteiger partial charge in [-0.2, -0.15) is 0 Å². The molecule has 3 heterocycles. The van der Waals surface area contributed by atoms with E-state index in [1.54, 1.807) is 6.20 Å². The normalized spacial score (nSPS) is 19.7. The summed E-state index contributed by atoms with van der Waals surface area (Å²) < 4.78 is 3.04. The van der Waals surface area contributed by atoms with Gasteiger partial charge in [-0.05, 0) is 47.4 Å². The van der Waals surface area contributed by atoms with Gasteiger partial charge in [0.1, 0.15) is 12.1 Å². The van der Waals surface area contributed by atoms with Crippen molar-refractivity contribution in [2.75, 3.05) is 6.54 Å². The van der Waals surface area contributed by atoms with Crippen molar-refractivity contribution in [3.05, 3.63) is 41.0 Å². The smallest absolute Gasteiger partial charge is 0.138 e. The van der Waals surface area contributed by atoms with Gasteiger partial charge in [0.25, 0.3) is 0 Å². The summed E-state index contributed by atoms with van der Waals surface area (Å²) in [6.07, 6.45) is 7.95. The Morgan fingerprint density at radius 3 is 3.00 bits per heavy atom. The van der Waals surface area contributed by atoms with E-state index in [9.17, 15) is 0 Å². The third-order valence-electron chi connectivity index (χ3n) is 3.04. The van der Waals surface area contributed by atoms with Crippen LogP contribution in [-0.4, -0.2) is 21.1 Å². The van der Waals surface area contributed by atoms with Gasteiger partial charge in [0.15, 0.2) is 0 Å². The third kappa shape index (κ3) is 2.12. The van der Waals surface area contributed by atoms with Crippen LogP contribution in [0.1, 0.15) is 24.6 Å². The second kappa shape index (κ2) is 4.58. The van der Waals surface area contributed by atoms with Gasteiger partial charge in [0.05, 0.1) is 11.9 Å². The molecule has 17 heavy (non-hydrogen) atoms. The van der Waals surface area contributed by atoms with Gasteiger partial charge < -0.3 is 5.32 Å². The van der Waals surface area contributed by atoms with Crippen molar-refractivity contribution in [2.24, 2.45) is 0 Å². The monoisotopic (exact) mass is 292 g/mol. The molecular formula is C12H13BrN4. The van der Waals surface area contributed by atoms with Gasteiger partial charge in [-0.15, -0.1) is 0 Å². The summed E-state index contributed by atoms with van der Waals surface area (Å²) in [5, 5.41) is 3.48. The Hall–Kier alpha value is -1.20. The fraction of sp³-hybridized carbons (Fsp3) is 0.333. The number of rotatable bonds is 2. The van der Waals surface area contributed by atoms with E-state index in [4.69, 9.17) is 0 Å². The van der Waals surface area contributed by atoms with Crippen LogP contribution in [0, 0.1) is 0 Å². The quantitative estimate of drug-likeness (QED) is 0.925. The molecular weight excluding hydrogens is 280 g/mol. The molecule has 0 spiro atoms. The molecule has 2 aromatic rings. The van der Waals surface area contributed by atoms with E-state index >= 15 is 0 Å². The summed E-state index contributed by atoms with van der Waals surface area (Å²) in [5.74, 6) is 0.911. The van der Waals surface area contributed by atoms with Gasteiger partial charge in [0, 0.05) is 16.7 Å². The number of hydrogen-bond donors (Lipinski definition) is 1. The number of imidazole rings is 1. The van der Waals surface area contributed by atoms with Crippen LogP contribution in [-0.2, 0) is 0 Å². The minimum absolute atomic E-state index is 0.406. The molecule has 1 aliphatic heterocycles. The number of hydrogen-bond acceptors (Lipinski definition) is 3. The van der Waals surface area contributed by atoms with E-state index in [1.807, 2.05) is 24.7 Å². The Balaban J connectivity index is 1.97. The largest absolute Gasteiger partial charge is 0.309 e. The second-order valence-electron chi connectivity index (χ2n) is 4.17. The molecule has 0 radical (unpaired) electrons. The minimum Gasteiger partial charge on any atom is -0.309 e. The lowest BCUT2D eigenvalue weighted by atomic mass is 10.2. The molecule has 2 aromatic heterocycles. The Morgan fingerprint density at radius 2 is 2.29 bits per heavy atom. The topological polar surface area (TPSA) is 42.7 Å². The molecule has 1 N–H and O–H groups in total. The maximum Gasteiger partial charge on any atom is 0.138 e. The molecule has 0 aliphatic carbocycles. The molecule has 1 fully saturated rings. The summed E-state index contributed by atoms with van der Waals surface area (Å²) in [4.78, 5) is 8.64. The first-order valence-electron chi connectivity index (χ1n) is 5.72. The van der Waals surface area contributed by atoms with E-state index in [2.05, 4.69) is 35.8 Å². The Labute approximate surface area is 108 Å². The molecule has 0 unspecified atom stereocenters. The molecule has 88 valence electrons. The van der Waals surface area contributed by atoms with Crippen molar-refractivity contribution >= 4 is 15.9 Å². The average molecular weight is 293 g/mol. The molecule has 5 heteroatoms. The van der Waals surface area contributed by atoms with Gasteiger partial charge >= 0.3 is 0 Å². The Morgan fingerprint density at radius 1 is 1.35 bits per heavy atom. The fourth-order valence-corrected chi connectivity index (χ4v) is 2.44. The molecule has 1 aliphatic rings. The average Bonchev–Trinajstić information content (AvgIpc) is 3.00. The first kappa shape index (κ1) is 10.9. The number of halogens is 1. The third-order valence-corrected chi connectivity index (χ3v) is 3.51. The Kier molecular flexibility index (Phi) is 2.94. The lowest BCUT2D eigenvalue weighted by Crippen LogP contribution is -2.16. The molecule has 0 bridgehead atoms. The van der Waals surface area contributed by atoms with Crippen LogP contribution < -0.4 is 5.32 Å². The molecule has 4 nitrogen and oxygen atoms in total. The summed E-state index contributed by atoms with van der Waals surface area (Å²) in [5.41, 5.74) is 1.19. The van der Waals surface area contributed by atoms with Gasteiger partial charge in [-0.25, -0.2) is 9.97 Å². The molecule has 1 atom stereocenters. The molecule has 0 saturated carbocycles. The summed E-state index contributed by atoms with van der Waals surface area (Å²) in [7, 11) is 0. The van der Waals surface area contributed by atoms with Gasteiger partial charge in [-0.1, -0.05) is 0 Å². The molecule has 0 aromatic carbocycles. The Bertz CT molecular complexity index is 499. The highest BCUT2D eigenvalue weighted by atomic mass is 79.9. The standard InChI is InChI=1S/C12H13BrN4/c13-9-3-4-12(16-6-9)17-8-14-7-11(17)10-2-1-5-15-10/h3-4,6-8,10,15H,1-2,5H2/t10-/m0/s1. The molecule has 3 rings (SSSR count). The van der Waals surface area contributed by atoms with Crippen LogP contribution in [0.2, 0.25) is 0 Å². The van der Waals surface area contributed by atoms with Crippen molar-refractivity contribution in [2.45, 2.75) is 18.9 Å². The van der Waals surface area contributed by atoms with E-state index in [0.717, 1.165) is 16.8 Å². The lowest BCUT2D eigenvalue weighted by Gasteiger charge is -2.13. The van der Waals surface area contributed by atoms with Crippen LogP contribution in [0.25, 0.3) is 5.82 Å². The van der Waals surface area contributed by atoms with Gasteiger partial charge in [-0.3, -0.25) is 4.57 Å². The lowest BCUT2D eigenvalue weighted by molar-refractivity contribution is 0.613. The minimum atomic E-state index is 0.406. The second-order valence-corrected chi connectivity index (χ2v) is 5.09. The maximum absolute atomic E-state index is 4.40. The zero-order valence-electron chi connectivity index (χ0n) is 9.31. The van der Waals surface area contributed by atoms with Crippen LogP contribution in [0.5, 0.6) is 0 Å².